The van der Waals surface area contributed by atoms with E-state index in [4.69, 9.17) is 9.47 Å². The number of methoxy groups -OCH3 is 1. The Kier molecular flexibility index (Phi) is 6.89. The molecule has 0 radical (unpaired) electrons. The molecule has 0 spiro atoms. The van der Waals surface area contributed by atoms with Crippen molar-refractivity contribution >= 4 is 5.97 Å². The summed E-state index contributed by atoms with van der Waals surface area (Å²) >= 11 is 0. The number of rotatable bonds is 5. The van der Waals surface area contributed by atoms with Crippen LogP contribution < -0.4 is 0 Å². The van der Waals surface area contributed by atoms with E-state index in [0.29, 0.717) is 42.6 Å². The van der Waals surface area contributed by atoms with Crippen LogP contribution in [0.2, 0.25) is 0 Å². The molecule has 7 heteroatoms. The van der Waals surface area contributed by atoms with Gasteiger partial charge in [0, 0.05) is 14.0 Å². The van der Waals surface area contributed by atoms with Gasteiger partial charge >= 0.3 is 12.1 Å². The summed E-state index contributed by atoms with van der Waals surface area (Å²) < 4.78 is 51.4. The molecule has 0 bridgehead atoms. The van der Waals surface area contributed by atoms with Crippen molar-refractivity contribution < 1.29 is 32.5 Å². The molecule has 4 aliphatic carbocycles. The maximum absolute atomic E-state index is 13.5. The average molecular weight is 475 g/mol. The molecule has 4 fully saturated rings. The van der Waals surface area contributed by atoms with Gasteiger partial charge in [-0.1, -0.05) is 13.8 Å². The van der Waals surface area contributed by atoms with Crippen molar-refractivity contribution in [1.29, 1.82) is 0 Å². The highest BCUT2D eigenvalue weighted by atomic mass is 19.4. The van der Waals surface area contributed by atoms with Gasteiger partial charge in [-0.05, 0) is 105 Å². The lowest BCUT2D eigenvalue weighted by Crippen LogP contribution is -2.55. The third-order valence-corrected chi connectivity index (χ3v) is 10.5. The van der Waals surface area contributed by atoms with E-state index in [-0.39, 0.29) is 42.2 Å². The highest BCUT2D eigenvalue weighted by Gasteiger charge is 2.62. The second-order valence-corrected chi connectivity index (χ2v) is 11.9. The summed E-state index contributed by atoms with van der Waals surface area (Å²) in [5.41, 5.74) is -2.33. The minimum absolute atomic E-state index is 0.0119. The van der Waals surface area contributed by atoms with E-state index in [0.717, 1.165) is 38.5 Å². The standard InChI is InChI=1S/C26H41F3O4/c1-15(23(14-32-4)33-16(2)30)21-7-8-22-20-6-5-17-13-25(31,26(27,28)29)12-10-18(17)19(20)9-11-24(21,22)3/h15,17-23,31H,5-14H2,1-4H3/t15-,17+,18-,19+,20+,21+,22-,23+,24+,25+/m0/s1. The van der Waals surface area contributed by atoms with Gasteiger partial charge in [0.2, 0.25) is 0 Å². The molecule has 1 N–H and O–H groups in total. The third kappa shape index (κ3) is 4.34. The molecule has 33 heavy (non-hydrogen) atoms. The first-order chi connectivity index (χ1) is 15.4. The van der Waals surface area contributed by atoms with Crippen molar-refractivity contribution in [3.05, 3.63) is 0 Å². The van der Waals surface area contributed by atoms with Gasteiger partial charge in [0.25, 0.3) is 0 Å². The molecule has 0 heterocycles. The molecule has 0 unspecified atom stereocenters. The van der Waals surface area contributed by atoms with E-state index in [1.807, 2.05) is 0 Å². The lowest BCUT2D eigenvalue weighted by Gasteiger charge is -2.57. The zero-order valence-corrected chi connectivity index (χ0v) is 20.5. The number of aliphatic hydroxyl groups is 1. The number of esters is 1. The predicted molar refractivity (Wildman–Crippen MR) is 118 cm³/mol. The van der Waals surface area contributed by atoms with Gasteiger partial charge in [-0.25, -0.2) is 0 Å². The molecule has 4 aliphatic rings. The van der Waals surface area contributed by atoms with Gasteiger partial charge in [-0.3, -0.25) is 4.79 Å². The molecule has 4 saturated carbocycles. The van der Waals surface area contributed by atoms with E-state index in [1.165, 1.54) is 6.92 Å². The number of ether oxygens (including phenoxy) is 2. The third-order valence-electron chi connectivity index (χ3n) is 10.5. The molecule has 10 atom stereocenters. The Morgan fingerprint density at radius 3 is 2.39 bits per heavy atom. The highest BCUT2D eigenvalue weighted by molar-refractivity contribution is 5.66. The Morgan fingerprint density at radius 1 is 1.06 bits per heavy atom. The van der Waals surface area contributed by atoms with Crippen LogP contribution in [0.3, 0.4) is 0 Å². The summed E-state index contributed by atoms with van der Waals surface area (Å²) in [4.78, 5) is 11.7. The summed E-state index contributed by atoms with van der Waals surface area (Å²) in [6.07, 6.45) is 1.63. The van der Waals surface area contributed by atoms with Crippen molar-refractivity contribution in [3.8, 4) is 0 Å². The highest BCUT2D eigenvalue weighted by Crippen LogP contribution is 2.66. The second-order valence-electron chi connectivity index (χ2n) is 11.9. The maximum atomic E-state index is 13.5. The Hall–Kier alpha value is -0.820. The van der Waals surface area contributed by atoms with Crippen LogP contribution in [0.15, 0.2) is 0 Å². The van der Waals surface area contributed by atoms with Crippen molar-refractivity contribution in [2.45, 2.75) is 96.4 Å². The fourth-order valence-corrected chi connectivity index (χ4v) is 8.97. The van der Waals surface area contributed by atoms with Crippen LogP contribution in [-0.4, -0.2) is 42.7 Å². The average Bonchev–Trinajstić information content (AvgIpc) is 3.08. The zero-order chi connectivity index (χ0) is 24.2. The molecule has 4 rings (SSSR count). The largest absolute Gasteiger partial charge is 0.460 e. The van der Waals surface area contributed by atoms with Crippen LogP contribution in [0.1, 0.15) is 78.6 Å². The van der Waals surface area contributed by atoms with Crippen LogP contribution in [0.5, 0.6) is 0 Å². The van der Waals surface area contributed by atoms with E-state index in [2.05, 4.69) is 13.8 Å². The van der Waals surface area contributed by atoms with Crippen LogP contribution in [0, 0.1) is 46.8 Å². The Balaban J connectivity index is 1.48. The molecular formula is C26H41F3O4. The summed E-state index contributed by atoms with van der Waals surface area (Å²) in [5, 5.41) is 10.3. The van der Waals surface area contributed by atoms with Crippen molar-refractivity contribution in [1.82, 2.24) is 0 Å². The Bertz CT molecular complexity index is 727. The number of hydrogen-bond donors (Lipinski definition) is 1. The number of alkyl halides is 3. The lowest BCUT2D eigenvalue weighted by molar-refractivity contribution is -0.282. The van der Waals surface area contributed by atoms with Crippen LogP contribution in [0.25, 0.3) is 0 Å². The first-order valence-electron chi connectivity index (χ1n) is 12.9. The first-order valence-corrected chi connectivity index (χ1v) is 12.9. The Morgan fingerprint density at radius 2 is 1.76 bits per heavy atom. The van der Waals surface area contributed by atoms with Gasteiger partial charge in [0.15, 0.2) is 5.60 Å². The second kappa shape index (κ2) is 9.00. The molecule has 0 amide bonds. The maximum Gasteiger partial charge on any atom is 0.417 e. The fourth-order valence-electron chi connectivity index (χ4n) is 8.97. The van der Waals surface area contributed by atoms with Gasteiger partial charge in [-0.15, -0.1) is 0 Å². The number of carbonyl (C=O) groups excluding carboxylic acids is 1. The molecule has 0 aromatic rings. The molecular weight excluding hydrogens is 433 g/mol. The van der Waals surface area contributed by atoms with E-state index in [9.17, 15) is 23.1 Å². The first kappa shape index (κ1) is 25.3. The van der Waals surface area contributed by atoms with Gasteiger partial charge in [0.05, 0.1) is 6.61 Å². The fraction of sp³-hybridized carbons (Fsp3) is 0.962. The van der Waals surface area contributed by atoms with Crippen molar-refractivity contribution in [3.63, 3.8) is 0 Å². The predicted octanol–water partition coefficient (Wildman–Crippen LogP) is 5.76. The number of hydrogen-bond acceptors (Lipinski definition) is 4. The van der Waals surface area contributed by atoms with E-state index in [1.54, 1.807) is 7.11 Å². The molecule has 0 aromatic heterocycles. The van der Waals surface area contributed by atoms with Gasteiger partial charge < -0.3 is 14.6 Å². The van der Waals surface area contributed by atoms with Gasteiger partial charge in [-0.2, -0.15) is 13.2 Å². The number of fused-ring (bicyclic) bond motifs is 5. The van der Waals surface area contributed by atoms with E-state index < -0.39 is 11.8 Å². The minimum atomic E-state index is -4.53. The van der Waals surface area contributed by atoms with Crippen molar-refractivity contribution in [2.75, 3.05) is 13.7 Å². The molecule has 0 aromatic carbocycles. The van der Waals surface area contributed by atoms with Crippen LogP contribution in [-0.2, 0) is 14.3 Å². The summed E-state index contributed by atoms with van der Waals surface area (Å²) in [5.74, 6) is 2.30. The summed E-state index contributed by atoms with van der Waals surface area (Å²) in [6.45, 7) is 6.44. The minimum Gasteiger partial charge on any atom is -0.460 e. The summed E-state index contributed by atoms with van der Waals surface area (Å²) in [6, 6.07) is 0. The van der Waals surface area contributed by atoms with Crippen LogP contribution >= 0.6 is 0 Å². The molecule has 4 nitrogen and oxygen atoms in total. The quantitative estimate of drug-likeness (QED) is 0.515. The number of halogens is 3. The number of carbonyl (C=O) groups is 1. The Labute approximate surface area is 196 Å². The zero-order valence-electron chi connectivity index (χ0n) is 20.5. The smallest absolute Gasteiger partial charge is 0.417 e. The van der Waals surface area contributed by atoms with Crippen molar-refractivity contribution in [2.24, 2.45) is 46.8 Å². The van der Waals surface area contributed by atoms with Gasteiger partial charge in [0.1, 0.15) is 6.10 Å². The molecule has 0 aliphatic heterocycles. The topological polar surface area (TPSA) is 55.8 Å². The van der Waals surface area contributed by atoms with Crippen LogP contribution in [0.4, 0.5) is 13.2 Å². The lowest BCUT2D eigenvalue weighted by atomic mass is 9.48. The summed E-state index contributed by atoms with van der Waals surface area (Å²) in [7, 11) is 1.63. The normalized spacial score (nSPS) is 44.8. The molecule has 0 saturated heterocycles. The van der Waals surface area contributed by atoms with E-state index >= 15 is 0 Å². The monoisotopic (exact) mass is 474 g/mol. The SMILES string of the molecule is COC[C@@H](OC(C)=O)[C@@H](C)[C@H]1CC[C@H]2[C@@H]3CC[C@@H]4C[C@@](O)(C(F)(F)F)CC[C@@H]4[C@H]3CC[C@]12C. The molecule has 190 valence electrons.